The molecule has 110 valence electrons. The number of hydrogen-bond acceptors (Lipinski definition) is 4. The molecule has 0 spiro atoms. The van der Waals surface area contributed by atoms with Crippen molar-refractivity contribution < 1.29 is 14.3 Å². The van der Waals surface area contributed by atoms with E-state index in [-0.39, 0.29) is 0 Å². The molecule has 0 aliphatic rings. The van der Waals surface area contributed by atoms with Crippen LogP contribution in [0.3, 0.4) is 0 Å². The molecule has 6 nitrogen and oxygen atoms in total. The summed E-state index contributed by atoms with van der Waals surface area (Å²) in [5.41, 5.74) is 1.53. The number of rotatable bonds is 4. The highest BCUT2D eigenvalue weighted by Crippen LogP contribution is 2.28. The van der Waals surface area contributed by atoms with Crippen LogP contribution in [0, 0.1) is 6.92 Å². The lowest BCUT2D eigenvalue weighted by atomic mass is 10.2. The van der Waals surface area contributed by atoms with Gasteiger partial charge in [0, 0.05) is 12.3 Å². The number of nitrogens with one attached hydrogen (secondary N) is 2. The van der Waals surface area contributed by atoms with Gasteiger partial charge in [-0.1, -0.05) is 0 Å². The van der Waals surface area contributed by atoms with Crippen molar-refractivity contribution in [2.45, 2.75) is 6.92 Å². The maximum atomic E-state index is 12.0. The van der Waals surface area contributed by atoms with Crippen LogP contribution >= 0.6 is 0 Å². The first kappa shape index (κ1) is 14.6. The van der Waals surface area contributed by atoms with Gasteiger partial charge in [-0.3, -0.25) is 5.32 Å². The summed E-state index contributed by atoms with van der Waals surface area (Å²) < 4.78 is 10.3. The van der Waals surface area contributed by atoms with Crippen LogP contribution in [0.25, 0.3) is 0 Å². The molecule has 0 saturated heterocycles. The Balaban J connectivity index is 2.12. The Hall–Kier alpha value is -2.76. The van der Waals surface area contributed by atoms with Crippen molar-refractivity contribution in [2.75, 3.05) is 24.9 Å². The molecule has 0 fully saturated rings. The summed E-state index contributed by atoms with van der Waals surface area (Å²) in [5.74, 6) is 1.65. The predicted octanol–water partition coefficient (Wildman–Crippen LogP) is 3.05. The number of pyridine rings is 1. The maximum Gasteiger partial charge on any atom is 0.324 e. The van der Waals surface area contributed by atoms with Crippen LogP contribution in [0.15, 0.2) is 36.5 Å². The number of ether oxygens (including phenoxy) is 2. The van der Waals surface area contributed by atoms with Gasteiger partial charge in [0.15, 0.2) is 0 Å². The Kier molecular flexibility index (Phi) is 4.61. The van der Waals surface area contributed by atoms with Crippen molar-refractivity contribution >= 4 is 17.5 Å². The van der Waals surface area contributed by atoms with E-state index in [9.17, 15) is 4.79 Å². The Bertz CT molecular complexity index is 644. The smallest absolute Gasteiger partial charge is 0.324 e. The third-order valence-electron chi connectivity index (χ3n) is 2.81. The van der Waals surface area contributed by atoms with Crippen molar-refractivity contribution in [1.82, 2.24) is 4.98 Å². The number of carbonyl (C=O) groups is 1. The first-order chi connectivity index (χ1) is 10.1. The van der Waals surface area contributed by atoms with E-state index in [0.29, 0.717) is 23.0 Å². The van der Waals surface area contributed by atoms with Gasteiger partial charge in [0.25, 0.3) is 0 Å². The van der Waals surface area contributed by atoms with Crippen LogP contribution in [0.4, 0.5) is 16.3 Å². The van der Waals surface area contributed by atoms with Crippen LogP contribution < -0.4 is 20.1 Å². The molecule has 6 heteroatoms. The molecular formula is C15H17N3O3. The molecule has 0 bridgehead atoms. The summed E-state index contributed by atoms with van der Waals surface area (Å²) in [6.45, 7) is 1.93. The number of methoxy groups -OCH3 is 2. The first-order valence-corrected chi connectivity index (χ1v) is 6.35. The van der Waals surface area contributed by atoms with E-state index in [0.717, 1.165) is 5.56 Å². The van der Waals surface area contributed by atoms with Gasteiger partial charge in [-0.2, -0.15) is 0 Å². The molecule has 2 rings (SSSR count). The van der Waals surface area contributed by atoms with E-state index in [2.05, 4.69) is 15.6 Å². The van der Waals surface area contributed by atoms with Gasteiger partial charge in [0.1, 0.15) is 17.3 Å². The molecule has 1 heterocycles. The zero-order valence-electron chi connectivity index (χ0n) is 12.1. The van der Waals surface area contributed by atoms with Crippen LogP contribution in [-0.2, 0) is 0 Å². The average Bonchev–Trinajstić information content (AvgIpc) is 2.47. The van der Waals surface area contributed by atoms with E-state index in [1.54, 1.807) is 37.6 Å². The zero-order valence-corrected chi connectivity index (χ0v) is 12.1. The van der Waals surface area contributed by atoms with Gasteiger partial charge < -0.3 is 14.8 Å². The lowest BCUT2D eigenvalue weighted by molar-refractivity contribution is 0.262. The Labute approximate surface area is 123 Å². The number of aromatic nitrogens is 1. The van der Waals surface area contributed by atoms with Gasteiger partial charge in [0.2, 0.25) is 0 Å². The number of amides is 2. The standard InChI is InChI=1S/C15H17N3O3/c1-10-6-7-16-14(8-10)18-15(19)17-12-9-11(20-2)4-5-13(12)21-3/h4-9H,1-3H3,(H2,16,17,18,19). The highest BCUT2D eigenvalue weighted by molar-refractivity contribution is 6.00. The molecule has 21 heavy (non-hydrogen) atoms. The Morgan fingerprint density at radius 3 is 2.57 bits per heavy atom. The van der Waals surface area contributed by atoms with E-state index < -0.39 is 6.03 Å². The van der Waals surface area contributed by atoms with E-state index >= 15 is 0 Å². The second-order valence-electron chi connectivity index (χ2n) is 4.36. The normalized spacial score (nSPS) is 9.86. The second kappa shape index (κ2) is 6.60. The van der Waals surface area contributed by atoms with E-state index in [4.69, 9.17) is 9.47 Å². The van der Waals surface area contributed by atoms with Crippen LogP contribution in [-0.4, -0.2) is 25.2 Å². The number of hydrogen-bond donors (Lipinski definition) is 2. The van der Waals surface area contributed by atoms with Crippen LogP contribution in [0.1, 0.15) is 5.56 Å². The fourth-order valence-electron chi connectivity index (χ4n) is 1.79. The molecule has 1 aromatic heterocycles. The van der Waals surface area contributed by atoms with E-state index in [1.807, 2.05) is 13.0 Å². The minimum Gasteiger partial charge on any atom is -0.497 e. The lowest BCUT2D eigenvalue weighted by Crippen LogP contribution is -2.20. The molecule has 0 saturated carbocycles. The summed E-state index contributed by atoms with van der Waals surface area (Å²) in [5, 5.41) is 5.37. The summed E-state index contributed by atoms with van der Waals surface area (Å²) >= 11 is 0. The number of benzene rings is 1. The molecule has 0 radical (unpaired) electrons. The highest BCUT2D eigenvalue weighted by atomic mass is 16.5. The van der Waals surface area contributed by atoms with Gasteiger partial charge in [0.05, 0.1) is 19.9 Å². The number of aryl methyl sites for hydroxylation is 1. The van der Waals surface area contributed by atoms with E-state index in [1.165, 1.54) is 7.11 Å². The van der Waals surface area contributed by atoms with Gasteiger partial charge >= 0.3 is 6.03 Å². The number of anilines is 2. The minimum atomic E-state index is -0.403. The maximum absolute atomic E-state index is 12.0. The molecule has 0 atom stereocenters. The van der Waals surface area contributed by atoms with Gasteiger partial charge in [-0.05, 0) is 36.8 Å². The summed E-state index contributed by atoms with van der Waals surface area (Å²) in [7, 11) is 3.09. The molecule has 0 aliphatic heterocycles. The quantitative estimate of drug-likeness (QED) is 0.906. The fraction of sp³-hybridized carbons (Fsp3) is 0.200. The largest absolute Gasteiger partial charge is 0.497 e. The SMILES string of the molecule is COc1ccc(OC)c(NC(=O)Nc2cc(C)ccn2)c1. The third-order valence-corrected chi connectivity index (χ3v) is 2.81. The second-order valence-corrected chi connectivity index (χ2v) is 4.36. The van der Waals surface area contributed by atoms with Crippen LogP contribution in [0.5, 0.6) is 11.5 Å². The molecular weight excluding hydrogens is 270 g/mol. The molecule has 2 amide bonds. The topological polar surface area (TPSA) is 72.5 Å². The summed E-state index contributed by atoms with van der Waals surface area (Å²) in [4.78, 5) is 16.1. The van der Waals surface area contributed by atoms with Crippen molar-refractivity contribution in [3.63, 3.8) is 0 Å². The average molecular weight is 287 g/mol. The van der Waals surface area contributed by atoms with Gasteiger partial charge in [-0.25, -0.2) is 9.78 Å². The Morgan fingerprint density at radius 1 is 1.10 bits per heavy atom. The number of carbonyl (C=O) groups excluding carboxylic acids is 1. The van der Waals surface area contributed by atoms with Gasteiger partial charge in [-0.15, -0.1) is 0 Å². The van der Waals surface area contributed by atoms with Crippen molar-refractivity contribution in [2.24, 2.45) is 0 Å². The highest BCUT2D eigenvalue weighted by Gasteiger charge is 2.09. The first-order valence-electron chi connectivity index (χ1n) is 6.35. The minimum absolute atomic E-state index is 0.403. The number of nitrogens with zero attached hydrogens (tertiary/aromatic N) is 1. The zero-order chi connectivity index (χ0) is 15.2. The third kappa shape index (κ3) is 3.85. The lowest BCUT2D eigenvalue weighted by Gasteiger charge is -2.12. The molecule has 2 N–H and O–H groups in total. The molecule has 1 aromatic carbocycles. The fourth-order valence-corrected chi connectivity index (χ4v) is 1.79. The number of urea groups is 1. The molecule has 0 aliphatic carbocycles. The van der Waals surface area contributed by atoms with Crippen molar-refractivity contribution in [1.29, 1.82) is 0 Å². The summed E-state index contributed by atoms with van der Waals surface area (Å²) in [6.07, 6.45) is 1.64. The monoisotopic (exact) mass is 287 g/mol. The van der Waals surface area contributed by atoms with Crippen molar-refractivity contribution in [3.8, 4) is 11.5 Å². The van der Waals surface area contributed by atoms with Crippen molar-refractivity contribution in [3.05, 3.63) is 42.1 Å². The molecule has 2 aromatic rings. The molecule has 0 unspecified atom stereocenters. The predicted molar refractivity (Wildman–Crippen MR) is 81.2 cm³/mol. The Morgan fingerprint density at radius 2 is 1.90 bits per heavy atom. The van der Waals surface area contributed by atoms with Crippen LogP contribution in [0.2, 0.25) is 0 Å². The summed E-state index contributed by atoms with van der Waals surface area (Å²) in [6, 6.07) is 8.39.